The maximum absolute atomic E-state index is 13.8. The van der Waals surface area contributed by atoms with Gasteiger partial charge in [0.2, 0.25) is 0 Å². The van der Waals surface area contributed by atoms with Crippen molar-refractivity contribution >= 4 is 17.8 Å². The Kier molecular flexibility index (Phi) is 5.50. The van der Waals surface area contributed by atoms with E-state index in [1.807, 2.05) is 29.7 Å². The molecule has 2 aromatic rings. The van der Waals surface area contributed by atoms with Gasteiger partial charge in [0.15, 0.2) is 5.82 Å². The number of aromatic amines is 1. The van der Waals surface area contributed by atoms with Crippen molar-refractivity contribution in [1.82, 2.24) is 34.7 Å². The molecule has 0 saturated carbocycles. The molecule has 2 atom stereocenters. The summed E-state index contributed by atoms with van der Waals surface area (Å²) in [5.41, 5.74) is 2.35. The highest BCUT2D eigenvalue weighted by Gasteiger charge is 2.47. The van der Waals surface area contributed by atoms with Crippen LogP contribution in [0.1, 0.15) is 81.8 Å². The van der Waals surface area contributed by atoms with E-state index < -0.39 is 5.54 Å². The van der Waals surface area contributed by atoms with E-state index in [2.05, 4.69) is 53.2 Å². The average molecular weight is 483 g/mol. The van der Waals surface area contributed by atoms with Gasteiger partial charge >= 0.3 is 6.03 Å². The smallest absolute Gasteiger partial charge is 0.319 e. The van der Waals surface area contributed by atoms with Gasteiger partial charge in [0, 0.05) is 43.2 Å². The molecule has 0 aliphatic carbocycles. The standard InChI is InChI=1S/C25H38N8O2/c1-15-12-31-10-8-9-16(31)13-32(15)23(35)33-14-17-20(25(33,5)6)27-28-21(17)26-22(34)18-11-19(24(2,3)4)29-30(18)7/h11,15-16H,8-10,12-14H2,1-7H3,(H2,26,27,28,34)/t15-,16-/m0/s1. The van der Waals surface area contributed by atoms with Gasteiger partial charge in [-0.1, -0.05) is 20.8 Å². The van der Waals surface area contributed by atoms with E-state index in [-0.39, 0.29) is 23.4 Å². The van der Waals surface area contributed by atoms with Gasteiger partial charge in [-0.25, -0.2) is 4.79 Å². The van der Waals surface area contributed by atoms with Gasteiger partial charge in [-0.05, 0) is 46.2 Å². The first-order chi connectivity index (χ1) is 16.4. The number of carbonyl (C=O) groups excluding carboxylic acids is 2. The third-order valence-corrected chi connectivity index (χ3v) is 8.00. The van der Waals surface area contributed by atoms with Gasteiger partial charge in [-0.3, -0.25) is 19.5 Å². The lowest BCUT2D eigenvalue weighted by molar-refractivity contribution is 0.0454. The summed E-state index contributed by atoms with van der Waals surface area (Å²) in [5.74, 6) is 0.207. The summed E-state index contributed by atoms with van der Waals surface area (Å²) >= 11 is 0. The largest absolute Gasteiger partial charge is 0.321 e. The molecule has 10 nitrogen and oxygen atoms in total. The zero-order valence-electron chi connectivity index (χ0n) is 22.0. The van der Waals surface area contributed by atoms with Crippen molar-refractivity contribution in [3.05, 3.63) is 28.7 Å². The molecule has 3 amide bonds. The van der Waals surface area contributed by atoms with Crippen LogP contribution in [0.3, 0.4) is 0 Å². The molecular formula is C25H38N8O2. The summed E-state index contributed by atoms with van der Waals surface area (Å²) in [6.45, 7) is 15.7. The molecule has 2 saturated heterocycles. The highest BCUT2D eigenvalue weighted by Crippen LogP contribution is 2.42. The number of hydrogen-bond donors (Lipinski definition) is 2. The third-order valence-electron chi connectivity index (χ3n) is 8.00. The highest BCUT2D eigenvalue weighted by molar-refractivity contribution is 6.03. The molecule has 5 heterocycles. The van der Waals surface area contributed by atoms with Gasteiger partial charge < -0.3 is 15.1 Å². The Balaban J connectivity index is 1.35. The predicted octanol–water partition coefficient (Wildman–Crippen LogP) is 3.03. The van der Waals surface area contributed by atoms with Gasteiger partial charge in [0.25, 0.3) is 5.91 Å². The quantitative estimate of drug-likeness (QED) is 0.685. The maximum Gasteiger partial charge on any atom is 0.321 e. The summed E-state index contributed by atoms with van der Waals surface area (Å²) in [6.07, 6.45) is 2.37. The van der Waals surface area contributed by atoms with Crippen LogP contribution in [0.2, 0.25) is 0 Å². The van der Waals surface area contributed by atoms with Crippen LogP contribution >= 0.6 is 0 Å². The number of amides is 3. The van der Waals surface area contributed by atoms with Crippen LogP contribution in [0.15, 0.2) is 6.07 Å². The molecule has 35 heavy (non-hydrogen) atoms. The van der Waals surface area contributed by atoms with Gasteiger partial charge in [0.05, 0.1) is 23.5 Å². The van der Waals surface area contributed by atoms with Crippen LogP contribution in [-0.4, -0.2) is 78.3 Å². The number of rotatable bonds is 2. The van der Waals surface area contributed by atoms with E-state index in [0.29, 0.717) is 24.1 Å². The number of carbonyl (C=O) groups is 2. The molecule has 2 aromatic heterocycles. The number of H-pyrrole nitrogens is 1. The fourth-order valence-electron chi connectivity index (χ4n) is 5.75. The molecule has 2 fully saturated rings. The number of aryl methyl sites for hydroxylation is 1. The number of fused-ring (bicyclic) bond motifs is 2. The minimum Gasteiger partial charge on any atom is -0.319 e. The summed E-state index contributed by atoms with van der Waals surface area (Å²) in [5, 5.41) is 15.0. The minimum absolute atomic E-state index is 0.0531. The normalized spacial score (nSPS) is 24.0. The van der Waals surface area contributed by atoms with Gasteiger partial charge in [-0.2, -0.15) is 10.2 Å². The summed E-state index contributed by atoms with van der Waals surface area (Å²) < 4.78 is 1.60. The first-order valence-corrected chi connectivity index (χ1v) is 12.6. The van der Waals surface area contributed by atoms with Crippen molar-refractivity contribution in [2.75, 3.05) is 25.0 Å². The monoisotopic (exact) mass is 482 g/mol. The van der Waals surface area contributed by atoms with Crippen molar-refractivity contribution in [3.63, 3.8) is 0 Å². The third kappa shape index (κ3) is 3.91. The van der Waals surface area contributed by atoms with Crippen molar-refractivity contribution < 1.29 is 9.59 Å². The lowest BCUT2D eigenvalue weighted by Crippen LogP contribution is -2.60. The number of urea groups is 1. The lowest BCUT2D eigenvalue weighted by atomic mass is 9.92. The second kappa shape index (κ2) is 8.08. The van der Waals surface area contributed by atoms with E-state index in [1.54, 1.807) is 11.7 Å². The van der Waals surface area contributed by atoms with Crippen molar-refractivity contribution in [2.24, 2.45) is 7.05 Å². The Bertz CT molecular complexity index is 1160. The Hall–Kier alpha value is -2.88. The van der Waals surface area contributed by atoms with E-state index in [4.69, 9.17) is 0 Å². The van der Waals surface area contributed by atoms with Gasteiger partial charge in [0.1, 0.15) is 5.69 Å². The molecule has 0 spiro atoms. The van der Waals surface area contributed by atoms with E-state index in [9.17, 15) is 9.59 Å². The highest BCUT2D eigenvalue weighted by atomic mass is 16.2. The van der Waals surface area contributed by atoms with E-state index >= 15 is 0 Å². The summed E-state index contributed by atoms with van der Waals surface area (Å²) in [6, 6.07) is 2.52. The summed E-state index contributed by atoms with van der Waals surface area (Å²) in [4.78, 5) is 33.4. The van der Waals surface area contributed by atoms with Crippen LogP contribution in [0.25, 0.3) is 0 Å². The molecule has 2 N–H and O–H groups in total. The Morgan fingerprint density at radius 1 is 1.23 bits per heavy atom. The maximum atomic E-state index is 13.8. The molecule has 3 aliphatic heterocycles. The Labute approximate surface area is 207 Å². The molecule has 5 rings (SSSR count). The van der Waals surface area contributed by atoms with Crippen LogP contribution in [0.4, 0.5) is 10.6 Å². The summed E-state index contributed by atoms with van der Waals surface area (Å²) in [7, 11) is 1.77. The van der Waals surface area contributed by atoms with Crippen LogP contribution < -0.4 is 5.32 Å². The predicted molar refractivity (Wildman–Crippen MR) is 133 cm³/mol. The molecule has 10 heteroatoms. The number of nitrogens with one attached hydrogen (secondary N) is 2. The number of hydrogen-bond acceptors (Lipinski definition) is 5. The molecule has 0 bridgehead atoms. The Morgan fingerprint density at radius 3 is 2.66 bits per heavy atom. The minimum atomic E-state index is -0.555. The van der Waals surface area contributed by atoms with Crippen LogP contribution in [0, 0.1) is 0 Å². The Morgan fingerprint density at radius 2 is 1.97 bits per heavy atom. The molecular weight excluding hydrogens is 444 g/mol. The number of nitrogens with zero attached hydrogens (tertiary/aromatic N) is 6. The number of anilines is 1. The molecule has 3 aliphatic rings. The lowest BCUT2D eigenvalue weighted by Gasteiger charge is -2.45. The average Bonchev–Trinajstić information content (AvgIpc) is 3.52. The number of piperazine rings is 1. The van der Waals surface area contributed by atoms with Crippen molar-refractivity contribution in [2.45, 2.75) is 84.0 Å². The van der Waals surface area contributed by atoms with Gasteiger partial charge in [-0.15, -0.1) is 0 Å². The molecule has 0 unspecified atom stereocenters. The topological polar surface area (TPSA) is 102 Å². The molecule has 0 radical (unpaired) electrons. The first kappa shape index (κ1) is 23.8. The molecule has 0 aromatic carbocycles. The first-order valence-electron chi connectivity index (χ1n) is 12.6. The fraction of sp³-hybridized carbons (Fsp3) is 0.680. The zero-order valence-corrected chi connectivity index (χ0v) is 22.0. The van der Waals surface area contributed by atoms with Crippen molar-refractivity contribution in [3.8, 4) is 0 Å². The van der Waals surface area contributed by atoms with Crippen molar-refractivity contribution in [1.29, 1.82) is 0 Å². The fourth-order valence-corrected chi connectivity index (χ4v) is 5.75. The van der Waals surface area contributed by atoms with Crippen LogP contribution in [0.5, 0.6) is 0 Å². The van der Waals surface area contributed by atoms with Crippen LogP contribution in [-0.2, 0) is 24.5 Å². The second-order valence-corrected chi connectivity index (χ2v) is 11.9. The second-order valence-electron chi connectivity index (χ2n) is 11.9. The SMILES string of the molecule is C[C@H]1CN2CCC[C@H]2CN1C(=O)N1Cc2c(NC(=O)c3cc(C(C)(C)C)nn3C)n[nH]c2C1(C)C. The van der Waals surface area contributed by atoms with E-state index in [1.165, 1.54) is 6.42 Å². The molecule has 190 valence electrons. The zero-order chi connectivity index (χ0) is 25.3. The van der Waals surface area contributed by atoms with E-state index in [0.717, 1.165) is 43.0 Å². The number of aromatic nitrogens is 4.